The minimum absolute atomic E-state index is 0.00967. The third kappa shape index (κ3) is 76.8. The van der Waals surface area contributed by atoms with E-state index in [1.54, 1.807) is 0 Å². The van der Waals surface area contributed by atoms with Gasteiger partial charge in [0.25, 0.3) is 0 Å². The Morgan fingerprint density at radius 1 is 0.323 bits per heavy atom. The molecule has 0 amide bonds. The van der Waals surface area contributed by atoms with Gasteiger partial charge in [-0.3, -0.25) is 18.6 Å². The number of unbranched alkanes of at least 4 members (excludes halogenated alkanes) is 10. The average Bonchev–Trinajstić information content (AvgIpc) is 1.98. The van der Waals surface area contributed by atoms with Gasteiger partial charge in [-0.2, -0.15) is 0 Å². The molecule has 0 aliphatic carbocycles. The Morgan fingerprint density at radius 2 is 0.562 bits per heavy atom. The monoisotopic (exact) mass is 1340 g/mol. The van der Waals surface area contributed by atoms with Crippen LogP contribution in [0.2, 0.25) is 0 Å². The van der Waals surface area contributed by atoms with E-state index >= 15 is 0 Å². The summed E-state index contributed by atoms with van der Waals surface area (Å²) in [4.78, 5) is 35.9. The fourth-order valence-electron chi connectivity index (χ4n) is 8.83. The summed E-state index contributed by atoms with van der Waals surface area (Å²) in [5.74, 6) is -0.863. The zero-order valence-electron chi connectivity index (χ0n) is 60.7. The summed E-state index contributed by atoms with van der Waals surface area (Å²) < 4.78 is 34.7. The highest BCUT2D eigenvalue weighted by molar-refractivity contribution is 7.47. The van der Waals surface area contributed by atoms with E-state index in [9.17, 15) is 19.0 Å². The minimum Gasteiger partial charge on any atom is -0.462 e. The number of rotatable bonds is 64. The van der Waals surface area contributed by atoms with Crippen molar-refractivity contribution in [1.29, 1.82) is 0 Å². The molecule has 0 aromatic carbocycles. The van der Waals surface area contributed by atoms with E-state index < -0.39 is 32.5 Å². The summed E-state index contributed by atoms with van der Waals surface area (Å²) in [6.07, 6.45) is 120. The Labute approximate surface area is 587 Å². The van der Waals surface area contributed by atoms with Crippen molar-refractivity contribution in [1.82, 2.24) is 0 Å². The molecule has 0 rings (SSSR count). The Morgan fingerprint density at radius 3 is 0.833 bits per heavy atom. The summed E-state index contributed by atoms with van der Waals surface area (Å²) in [5, 5.41) is 0. The number of carbonyl (C=O) groups is 2. The van der Waals surface area contributed by atoms with Gasteiger partial charge in [-0.1, -0.05) is 295 Å². The van der Waals surface area contributed by atoms with Crippen molar-refractivity contribution in [3.63, 3.8) is 0 Å². The van der Waals surface area contributed by atoms with Crippen LogP contribution < -0.4 is 0 Å². The van der Waals surface area contributed by atoms with Crippen molar-refractivity contribution in [2.75, 3.05) is 47.5 Å². The van der Waals surface area contributed by atoms with Crippen LogP contribution in [0.15, 0.2) is 243 Å². The SMILES string of the molecule is CC/C=C\C/C=C\C/C=C\C/C=C\C/C=C\C/C=C\C/C=C\C/C=C\C/C=C\C/C=C\C/C=C\CCCCCCCC(=O)OC(COC(=O)CCCCCCC/C=C\C/C=C\C/C=C\C/C=C\C/C=C\C/C=C\C/C=C\C/C=C\C/C=C\CC)COP(=O)(O)OCC[N+](C)(C)C. The molecule has 0 bridgehead atoms. The Hall–Kier alpha value is -6.19. The van der Waals surface area contributed by atoms with Crippen LogP contribution in [-0.4, -0.2) is 74.9 Å². The Kier molecular flexibility index (Phi) is 68.4. The molecular weight excluding hydrogens is 1210 g/mol. The number of phosphoric ester groups is 1. The summed E-state index contributed by atoms with van der Waals surface area (Å²) in [5.41, 5.74) is 0. The highest BCUT2D eigenvalue weighted by atomic mass is 31.2. The third-order valence-electron chi connectivity index (χ3n) is 14.4. The van der Waals surface area contributed by atoms with Crippen molar-refractivity contribution in [3.8, 4) is 0 Å². The lowest BCUT2D eigenvalue weighted by molar-refractivity contribution is -0.870. The lowest BCUT2D eigenvalue weighted by Crippen LogP contribution is -2.37. The van der Waals surface area contributed by atoms with E-state index in [2.05, 4.69) is 257 Å². The van der Waals surface area contributed by atoms with Crippen LogP contribution in [0.3, 0.4) is 0 Å². The number of nitrogens with zero attached hydrogens (tertiary/aromatic N) is 1. The number of phosphoric acid groups is 1. The summed E-state index contributed by atoms with van der Waals surface area (Å²) in [6, 6.07) is 0. The maximum atomic E-state index is 12.9. The highest BCUT2D eigenvalue weighted by Crippen LogP contribution is 2.43. The minimum atomic E-state index is -4.42. The summed E-state index contributed by atoms with van der Waals surface area (Å²) in [7, 11) is 1.41. The smallest absolute Gasteiger partial charge is 0.462 e. The molecule has 2 atom stereocenters. The lowest BCUT2D eigenvalue weighted by Gasteiger charge is -2.24. The topological polar surface area (TPSA) is 108 Å². The summed E-state index contributed by atoms with van der Waals surface area (Å²) in [6.45, 7) is 4.12. The van der Waals surface area contributed by atoms with Gasteiger partial charge in [0.2, 0.25) is 0 Å². The van der Waals surface area contributed by atoms with E-state index in [0.29, 0.717) is 23.9 Å². The molecular formula is C86H133NO8P+. The number of carbonyl (C=O) groups excluding carboxylic acids is 2. The standard InChI is InChI=1S/C86H132NO8P/c1-6-8-10-12-14-16-18-20-22-24-26-28-30-32-34-36-38-40-41-42-43-44-45-47-49-51-53-55-57-59-61-63-65-67-69-71-73-75-77-79-86(89)95-84(83-94-96(90,91)93-81-80-87(3,4)5)82-92-85(88)78-76-74-72-70-68-66-64-62-60-58-56-54-52-50-48-46-39-37-35-33-31-29-27-25-23-21-19-17-15-13-11-9-7-2/h8-11,14-17,20-23,26-29,32-35,38-40,42-43,45-47,50-53,56-59,62-65,84H,6-7,12-13,18-19,24-25,30-31,36-37,41,44,48-49,54-55,60-61,66-83H2,1-5H3/p+1/b10-8-,11-9-,16-14-,17-15-,22-20-,23-21-,28-26-,29-27-,34-32-,35-33-,40-38-,43-42-,46-39-,47-45-,52-50-,53-51-,58-56-,59-57-,64-62-,65-63-. The molecule has 0 radical (unpaired) electrons. The van der Waals surface area contributed by atoms with Crippen LogP contribution >= 0.6 is 7.82 Å². The van der Waals surface area contributed by atoms with Gasteiger partial charge in [0.15, 0.2) is 6.10 Å². The van der Waals surface area contributed by atoms with Crippen LogP contribution in [0.5, 0.6) is 0 Å². The van der Waals surface area contributed by atoms with E-state index in [0.717, 1.165) is 193 Å². The molecule has 96 heavy (non-hydrogen) atoms. The van der Waals surface area contributed by atoms with Crippen molar-refractivity contribution < 1.29 is 42.1 Å². The second-order valence-corrected chi connectivity index (χ2v) is 26.0. The highest BCUT2D eigenvalue weighted by Gasteiger charge is 2.27. The molecule has 10 heteroatoms. The number of hydrogen-bond donors (Lipinski definition) is 1. The zero-order chi connectivity index (χ0) is 69.7. The largest absolute Gasteiger partial charge is 0.472 e. The molecule has 0 spiro atoms. The van der Waals surface area contributed by atoms with Gasteiger partial charge in [-0.15, -0.1) is 0 Å². The predicted molar refractivity (Wildman–Crippen MR) is 417 cm³/mol. The van der Waals surface area contributed by atoms with Crippen molar-refractivity contribution in [2.45, 2.75) is 238 Å². The van der Waals surface area contributed by atoms with Gasteiger partial charge < -0.3 is 18.9 Å². The van der Waals surface area contributed by atoms with Crippen LogP contribution in [0, 0.1) is 0 Å². The third-order valence-corrected chi connectivity index (χ3v) is 15.4. The van der Waals surface area contributed by atoms with Crippen LogP contribution in [-0.2, 0) is 32.7 Å². The van der Waals surface area contributed by atoms with Crippen molar-refractivity contribution in [2.24, 2.45) is 0 Å². The maximum absolute atomic E-state index is 12.9. The first-order valence-electron chi connectivity index (χ1n) is 36.8. The van der Waals surface area contributed by atoms with E-state index in [4.69, 9.17) is 18.5 Å². The second-order valence-electron chi connectivity index (χ2n) is 24.5. The van der Waals surface area contributed by atoms with E-state index in [1.165, 1.54) is 0 Å². The fraction of sp³-hybridized carbons (Fsp3) is 0.512. The van der Waals surface area contributed by atoms with Crippen LogP contribution in [0.25, 0.3) is 0 Å². The lowest BCUT2D eigenvalue weighted by atomic mass is 10.1. The molecule has 534 valence electrons. The molecule has 0 heterocycles. The predicted octanol–water partition coefficient (Wildman–Crippen LogP) is 24.7. The van der Waals surface area contributed by atoms with Gasteiger partial charge in [-0.25, -0.2) is 4.57 Å². The quantitative estimate of drug-likeness (QED) is 0.0211. The average molecular weight is 1340 g/mol. The molecule has 0 aromatic heterocycles. The number of esters is 2. The molecule has 0 fully saturated rings. The molecule has 1 N–H and O–H groups in total. The molecule has 0 aliphatic heterocycles. The fourth-order valence-corrected chi connectivity index (χ4v) is 9.58. The van der Waals surface area contributed by atoms with Gasteiger partial charge in [0.1, 0.15) is 19.8 Å². The van der Waals surface area contributed by atoms with Gasteiger partial charge >= 0.3 is 19.8 Å². The first-order chi connectivity index (χ1) is 47.0. The maximum Gasteiger partial charge on any atom is 0.472 e. The first-order valence-corrected chi connectivity index (χ1v) is 38.3. The van der Waals surface area contributed by atoms with Crippen LogP contribution in [0.1, 0.15) is 232 Å². The number of quaternary nitrogens is 1. The van der Waals surface area contributed by atoms with Crippen LogP contribution in [0.4, 0.5) is 0 Å². The molecule has 0 saturated carbocycles. The molecule has 0 saturated heterocycles. The molecule has 0 aliphatic rings. The zero-order valence-corrected chi connectivity index (χ0v) is 61.6. The van der Waals surface area contributed by atoms with Gasteiger partial charge in [0, 0.05) is 12.8 Å². The Bertz CT molecular complexity index is 2520. The van der Waals surface area contributed by atoms with Crippen molar-refractivity contribution in [3.05, 3.63) is 243 Å². The number of ether oxygens (including phenoxy) is 2. The van der Waals surface area contributed by atoms with E-state index in [1.807, 2.05) is 21.1 Å². The normalized spacial score (nSPS) is 14.5. The summed E-state index contributed by atoms with van der Waals surface area (Å²) >= 11 is 0. The second kappa shape index (κ2) is 73.1. The number of hydrogen-bond acceptors (Lipinski definition) is 7. The molecule has 2 unspecified atom stereocenters. The van der Waals surface area contributed by atoms with Gasteiger partial charge in [-0.05, 0) is 167 Å². The van der Waals surface area contributed by atoms with Gasteiger partial charge in [0.05, 0.1) is 27.7 Å². The first kappa shape index (κ1) is 89.8. The Balaban J connectivity index is 4.24. The van der Waals surface area contributed by atoms with Crippen molar-refractivity contribution >= 4 is 19.8 Å². The number of likely N-dealkylation sites (N-methyl/N-ethyl adjacent to an activating group) is 1. The molecule has 0 aromatic rings. The van der Waals surface area contributed by atoms with E-state index in [-0.39, 0.29) is 26.1 Å². The molecule has 9 nitrogen and oxygen atoms in total. The number of allylic oxidation sites excluding steroid dienone is 40.